The third-order valence-electron chi connectivity index (χ3n) is 2.41. The number of carbonyl (C=O) groups excluding carboxylic acids is 1. The molecule has 18 heavy (non-hydrogen) atoms. The highest BCUT2D eigenvalue weighted by atomic mass is 16.1. The smallest absolute Gasteiger partial charge is 0.275 e. The van der Waals surface area contributed by atoms with Crippen LogP contribution in [0.1, 0.15) is 16.2 Å². The van der Waals surface area contributed by atoms with E-state index in [9.17, 15) is 4.79 Å². The molecule has 5 heteroatoms. The molecule has 0 radical (unpaired) electrons. The van der Waals surface area contributed by atoms with E-state index in [0.29, 0.717) is 11.5 Å². The van der Waals surface area contributed by atoms with Crippen LogP contribution in [0.15, 0.2) is 36.5 Å². The topological polar surface area (TPSA) is 66.9 Å². The van der Waals surface area contributed by atoms with Crippen molar-refractivity contribution < 1.29 is 4.79 Å². The maximum Gasteiger partial charge on any atom is 0.275 e. The minimum Gasteiger partial charge on any atom is -0.388 e. The molecule has 2 rings (SSSR count). The highest BCUT2D eigenvalue weighted by Gasteiger charge is 2.08. The minimum absolute atomic E-state index is 0.273. The zero-order chi connectivity index (χ0) is 13.0. The summed E-state index contributed by atoms with van der Waals surface area (Å²) in [5.74, 6) is 0.252. The first kappa shape index (κ1) is 12.0. The summed E-state index contributed by atoms with van der Waals surface area (Å²) in [6.45, 7) is 1.87. The van der Waals surface area contributed by atoms with E-state index in [1.54, 1.807) is 31.4 Å². The number of nitrogens with zero attached hydrogens (tertiary/aromatic N) is 2. The predicted molar refractivity (Wildman–Crippen MR) is 70.7 cm³/mol. The number of hydrogen-bond acceptors (Lipinski definition) is 4. The Kier molecular flexibility index (Phi) is 3.52. The molecule has 2 aromatic rings. The average molecular weight is 242 g/mol. The molecule has 92 valence electrons. The van der Waals surface area contributed by atoms with E-state index in [4.69, 9.17) is 0 Å². The van der Waals surface area contributed by atoms with Gasteiger partial charge in [-0.25, -0.2) is 4.98 Å². The molecule has 0 spiro atoms. The molecule has 1 amide bonds. The molecule has 0 aliphatic heterocycles. The van der Waals surface area contributed by atoms with E-state index in [0.717, 1.165) is 11.4 Å². The van der Waals surface area contributed by atoms with Crippen LogP contribution >= 0.6 is 0 Å². The monoisotopic (exact) mass is 242 g/mol. The standard InChI is InChI=1S/C13H14N4O/c1-9-4-3-5-12(16-9)17-13(18)11-8-10(14-2)6-7-15-11/h3-8H,1-2H3,(H,14,15)(H,16,17,18). The van der Waals surface area contributed by atoms with Crippen LogP contribution < -0.4 is 10.6 Å². The largest absolute Gasteiger partial charge is 0.388 e. The molecular formula is C13H14N4O. The minimum atomic E-state index is -0.273. The number of hydrogen-bond donors (Lipinski definition) is 2. The van der Waals surface area contributed by atoms with Crippen LogP contribution in [0.25, 0.3) is 0 Å². The molecule has 0 saturated carbocycles. The first-order chi connectivity index (χ1) is 8.69. The second kappa shape index (κ2) is 5.27. The van der Waals surface area contributed by atoms with Gasteiger partial charge in [-0.15, -0.1) is 0 Å². The van der Waals surface area contributed by atoms with Gasteiger partial charge in [0.15, 0.2) is 0 Å². The first-order valence-corrected chi connectivity index (χ1v) is 5.58. The zero-order valence-corrected chi connectivity index (χ0v) is 10.3. The number of anilines is 2. The summed E-state index contributed by atoms with van der Waals surface area (Å²) in [7, 11) is 1.79. The van der Waals surface area contributed by atoms with Crippen LogP contribution in [0.4, 0.5) is 11.5 Å². The van der Waals surface area contributed by atoms with Gasteiger partial charge in [0.2, 0.25) is 0 Å². The van der Waals surface area contributed by atoms with Gasteiger partial charge in [0.25, 0.3) is 5.91 Å². The second-order valence-corrected chi connectivity index (χ2v) is 3.80. The fourth-order valence-corrected chi connectivity index (χ4v) is 1.50. The Hall–Kier alpha value is -2.43. The average Bonchev–Trinajstić information content (AvgIpc) is 2.39. The highest BCUT2D eigenvalue weighted by molar-refractivity contribution is 6.02. The summed E-state index contributed by atoms with van der Waals surface area (Å²) in [4.78, 5) is 20.2. The van der Waals surface area contributed by atoms with Crippen LogP contribution in [0.3, 0.4) is 0 Å². The number of amides is 1. The van der Waals surface area contributed by atoms with Crippen LogP contribution in [-0.2, 0) is 0 Å². The van der Waals surface area contributed by atoms with Gasteiger partial charge >= 0.3 is 0 Å². The number of aromatic nitrogens is 2. The molecule has 0 aliphatic carbocycles. The van der Waals surface area contributed by atoms with Gasteiger partial charge in [0.1, 0.15) is 11.5 Å². The normalized spacial score (nSPS) is 9.89. The third kappa shape index (κ3) is 2.82. The molecule has 2 heterocycles. The SMILES string of the molecule is CNc1ccnc(C(=O)Nc2cccc(C)n2)c1. The van der Waals surface area contributed by atoms with E-state index >= 15 is 0 Å². The maximum absolute atomic E-state index is 12.0. The summed E-state index contributed by atoms with van der Waals surface area (Å²) < 4.78 is 0. The summed E-state index contributed by atoms with van der Waals surface area (Å²) >= 11 is 0. The molecule has 0 saturated heterocycles. The van der Waals surface area contributed by atoms with Crippen molar-refractivity contribution in [1.29, 1.82) is 0 Å². The Labute approximate surface area is 105 Å². The van der Waals surface area contributed by atoms with Crippen LogP contribution in [0, 0.1) is 6.92 Å². The van der Waals surface area contributed by atoms with E-state index in [1.807, 2.05) is 19.1 Å². The highest BCUT2D eigenvalue weighted by Crippen LogP contribution is 2.09. The molecule has 0 aromatic carbocycles. The van der Waals surface area contributed by atoms with Gasteiger partial charge < -0.3 is 10.6 Å². The summed E-state index contributed by atoms with van der Waals surface area (Å²) in [6.07, 6.45) is 1.59. The maximum atomic E-state index is 12.0. The zero-order valence-electron chi connectivity index (χ0n) is 10.3. The Morgan fingerprint density at radius 3 is 2.83 bits per heavy atom. The van der Waals surface area contributed by atoms with Crippen LogP contribution in [0.2, 0.25) is 0 Å². The Morgan fingerprint density at radius 2 is 2.11 bits per heavy atom. The van der Waals surface area contributed by atoms with Crippen LogP contribution in [-0.4, -0.2) is 22.9 Å². The van der Waals surface area contributed by atoms with Crippen molar-refractivity contribution >= 4 is 17.4 Å². The molecule has 2 aromatic heterocycles. The van der Waals surface area contributed by atoms with E-state index < -0.39 is 0 Å². The number of nitrogens with one attached hydrogen (secondary N) is 2. The van der Waals surface area contributed by atoms with E-state index in [2.05, 4.69) is 20.6 Å². The molecule has 0 atom stereocenters. The first-order valence-electron chi connectivity index (χ1n) is 5.58. The van der Waals surface area contributed by atoms with Crippen molar-refractivity contribution in [2.75, 3.05) is 17.7 Å². The molecule has 0 unspecified atom stereocenters. The van der Waals surface area contributed by atoms with Gasteiger partial charge in [-0.3, -0.25) is 9.78 Å². The number of pyridine rings is 2. The van der Waals surface area contributed by atoms with Gasteiger partial charge in [-0.2, -0.15) is 0 Å². The van der Waals surface area contributed by atoms with Crippen molar-refractivity contribution in [1.82, 2.24) is 9.97 Å². The fraction of sp³-hybridized carbons (Fsp3) is 0.154. The lowest BCUT2D eigenvalue weighted by molar-refractivity contribution is 0.102. The lowest BCUT2D eigenvalue weighted by Crippen LogP contribution is -2.14. The molecule has 5 nitrogen and oxygen atoms in total. The summed E-state index contributed by atoms with van der Waals surface area (Å²) in [6, 6.07) is 8.94. The predicted octanol–water partition coefficient (Wildman–Crippen LogP) is 2.08. The van der Waals surface area contributed by atoms with Crippen molar-refractivity contribution in [2.24, 2.45) is 0 Å². The molecule has 0 aliphatic rings. The quantitative estimate of drug-likeness (QED) is 0.864. The molecule has 2 N–H and O–H groups in total. The lowest BCUT2D eigenvalue weighted by Gasteiger charge is -2.05. The van der Waals surface area contributed by atoms with Crippen molar-refractivity contribution in [3.63, 3.8) is 0 Å². The van der Waals surface area contributed by atoms with Crippen molar-refractivity contribution in [3.8, 4) is 0 Å². The third-order valence-corrected chi connectivity index (χ3v) is 2.41. The van der Waals surface area contributed by atoms with Gasteiger partial charge in [-0.1, -0.05) is 6.07 Å². The van der Waals surface area contributed by atoms with E-state index in [-0.39, 0.29) is 5.91 Å². The van der Waals surface area contributed by atoms with Gasteiger partial charge in [-0.05, 0) is 31.2 Å². The molecule has 0 fully saturated rings. The Balaban J connectivity index is 2.16. The van der Waals surface area contributed by atoms with Crippen LogP contribution in [0.5, 0.6) is 0 Å². The van der Waals surface area contributed by atoms with E-state index in [1.165, 1.54) is 0 Å². The second-order valence-electron chi connectivity index (χ2n) is 3.80. The lowest BCUT2D eigenvalue weighted by atomic mass is 10.3. The number of carbonyl (C=O) groups is 1. The molecular weight excluding hydrogens is 228 g/mol. The van der Waals surface area contributed by atoms with Crippen molar-refractivity contribution in [3.05, 3.63) is 47.9 Å². The summed E-state index contributed by atoms with van der Waals surface area (Å²) in [5.41, 5.74) is 2.04. The van der Waals surface area contributed by atoms with Crippen molar-refractivity contribution in [2.45, 2.75) is 6.92 Å². The van der Waals surface area contributed by atoms with Gasteiger partial charge in [0.05, 0.1) is 0 Å². The number of aryl methyl sites for hydroxylation is 1. The van der Waals surface area contributed by atoms with Gasteiger partial charge in [0, 0.05) is 24.6 Å². The fourth-order valence-electron chi connectivity index (χ4n) is 1.50. The Morgan fingerprint density at radius 1 is 1.28 bits per heavy atom. The Bertz CT molecular complexity index is 568. The number of rotatable bonds is 3. The molecule has 0 bridgehead atoms. The summed E-state index contributed by atoms with van der Waals surface area (Å²) in [5, 5.41) is 5.67.